The second-order valence-electron chi connectivity index (χ2n) is 5.90. The highest BCUT2D eigenvalue weighted by Crippen LogP contribution is 2.27. The van der Waals surface area contributed by atoms with Gasteiger partial charge in [0.2, 0.25) is 0 Å². The summed E-state index contributed by atoms with van der Waals surface area (Å²) in [6.45, 7) is 2.69. The zero-order valence-electron chi connectivity index (χ0n) is 12.3. The Labute approximate surface area is 116 Å². The molecule has 4 nitrogen and oxygen atoms in total. The Balaban J connectivity index is 1.99. The third-order valence-electron chi connectivity index (χ3n) is 4.28. The zero-order chi connectivity index (χ0) is 13.7. The van der Waals surface area contributed by atoms with Crippen molar-refractivity contribution < 1.29 is 4.74 Å². The maximum Gasteiger partial charge on any atom is 0.0646 e. The minimum absolute atomic E-state index is 0.291. The van der Waals surface area contributed by atoms with Crippen molar-refractivity contribution in [3.63, 3.8) is 0 Å². The molecule has 108 valence electrons. The largest absolute Gasteiger partial charge is 0.383 e. The maximum atomic E-state index is 6.35. The molecule has 1 fully saturated rings. The van der Waals surface area contributed by atoms with Crippen LogP contribution in [-0.2, 0) is 11.2 Å². The molecule has 1 aromatic rings. The quantitative estimate of drug-likeness (QED) is 0.860. The molecule has 1 heterocycles. The molecule has 2 rings (SSSR count). The van der Waals surface area contributed by atoms with Crippen molar-refractivity contribution in [1.29, 1.82) is 0 Å². The molecule has 1 unspecified atom stereocenters. The lowest BCUT2D eigenvalue weighted by Gasteiger charge is -2.26. The first-order valence-corrected chi connectivity index (χ1v) is 7.49. The number of nitrogens with zero attached hydrogens (tertiary/aromatic N) is 2. The summed E-state index contributed by atoms with van der Waals surface area (Å²) in [5.41, 5.74) is 7.15. The van der Waals surface area contributed by atoms with Crippen LogP contribution < -0.4 is 5.73 Å². The molecule has 0 amide bonds. The van der Waals surface area contributed by atoms with E-state index in [9.17, 15) is 0 Å². The Hall–Kier alpha value is -0.870. The molecule has 1 atom stereocenters. The van der Waals surface area contributed by atoms with E-state index in [1.807, 2.05) is 0 Å². The minimum atomic E-state index is -0.291. The molecule has 19 heavy (non-hydrogen) atoms. The smallest absolute Gasteiger partial charge is 0.0646 e. The summed E-state index contributed by atoms with van der Waals surface area (Å²) in [7, 11) is 1.71. The molecule has 1 aliphatic carbocycles. The van der Waals surface area contributed by atoms with E-state index < -0.39 is 0 Å². The first-order chi connectivity index (χ1) is 9.17. The second kappa shape index (κ2) is 6.53. The molecule has 4 heteroatoms. The van der Waals surface area contributed by atoms with Gasteiger partial charge in [0.25, 0.3) is 0 Å². The van der Waals surface area contributed by atoms with Crippen LogP contribution in [0.4, 0.5) is 0 Å². The van der Waals surface area contributed by atoms with Crippen LogP contribution in [0.15, 0.2) is 12.3 Å². The fourth-order valence-electron chi connectivity index (χ4n) is 2.95. The molecule has 0 saturated heterocycles. The van der Waals surface area contributed by atoms with E-state index in [-0.39, 0.29) is 5.54 Å². The van der Waals surface area contributed by atoms with Crippen LogP contribution in [0.3, 0.4) is 0 Å². The molecule has 0 bridgehead atoms. The van der Waals surface area contributed by atoms with E-state index in [2.05, 4.69) is 23.9 Å². The van der Waals surface area contributed by atoms with Crippen LogP contribution in [0.25, 0.3) is 0 Å². The Kier molecular flexibility index (Phi) is 4.99. The summed E-state index contributed by atoms with van der Waals surface area (Å²) in [5, 5.41) is 4.73. The molecule has 0 radical (unpaired) electrons. The first kappa shape index (κ1) is 14.5. The van der Waals surface area contributed by atoms with Gasteiger partial charge in [-0.1, -0.05) is 26.2 Å². The van der Waals surface area contributed by atoms with Gasteiger partial charge in [-0.25, -0.2) is 0 Å². The van der Waals surface area contributed by atoms with Gasteiger partial charge in [0, 0.05) is 25.3 Å². The lowest BCUT2D eigenvalue weighted by Crippen LogP contribution is -2.45. The first-order valence-electron chi connectivity index (χ1n) is 7.49. The lowest BCUT2D eigenvalue weighted by molar-refractivity contribution is 0.128. The summed E-state index contributed by atoms with van der Waals surface area (Å²) in [4.78, 5) is 0. The van der Waals surface area contributed by atoms with E-state index in [0.717, 1.165) is 18.5 Å². The number of aromatic nitrogens is 2. The molecule has 0 aromatic carbocycles. The zero-order valence-corrected chi connectivity index (χ0v) is 12.3. The monoisotopic (exact) mass is 265 g/mol. The van der Waals surface area contributed by atoms with E-state index in [1.54, 1.807) is 7.11 Å². The van der Waals surface area contributed by atoms with Crippen molar-refractivity contribution in [2.75, 3.05) is 13.7 Å². The van der Waals surface area contributed by atoms with Crippen molar-refractivity contribution in [3.05, 3.63) is 18.0 Å². The average Bonchev–Trinajstić information content (AvgIpc) is 2.88. The Morgan fingerprint density at radius 3 is 2.79 bits per heavy atom. The van der Waals surface area contributed by atoms with Crippen molar-refractivity contribution in [1.82, 2.24) is 9.78 Å². The molecule has 2 N–H and O–H groups in total. The van der Waals surface area contributed by atoms with E-state index in [0.29, 0.717) is 12.6 Å². The molecule has 1 aromatic heterocycles. The normalized spacial score (nSPS) is 20.4. The van der Waals surface area contributed by atoms with E-state index in [4.69, 9.17) is 15.6 Å². The molecular formula is C15H27N3O. The molecular weight excluding hydrogens is 238 g/mol. The molecule has 0 aliphatic heterocycles. The van der Waals surface area contributed by atoms with Crippen LogP contribution >= 0.6 is 0 Å². The lowest BCUT2D eigenvalue weighted by atomic mass is 9.93. The van der Waals surface area contributed by atoms with Gasteiger partial charge in [-0.15, -0.1) is 0 Å². The summed E-state index contributed by atoms with van der Waals surface area (Å²) in [5.74, 6) is 0. The number of nitrogens with two attached hydrogens (primary N) is 1. The predicted octanol–water partition coefficient (Wildman–Crippen LogP) is 2.68. The predicted molar refractivity (Wildman–Crippen MR) is 77.1 cm³/mol. The summed E-state index contributed by atoms with van der Waals surface area (Å²) in [6, 6.07) is 2.71. The maximum absolute atomic E-state index is 6.35. The van der Waals surface area contributed by atoms with Crippen LogP contribution in [0, 0.1) is 0 Å². The minimum Gasteiger partial charge on any atom is -0.383 e. The fourth-order valence-corrected chi connectivity index (χ4v) is 2.95. The molecule has 1 aliphatic rings. The standard InChI is InChI=1S/C15H27N3O/c1-3-15(16,12-19-2)11-13-9-10-18(17-13)14-7-5-4-6-8-14/h9-10,14H,3-8,11-12,16H2,1-2H3. The van der Waals surface area contributed by atoms with Gasteiger partial charge in [0.1, 0.15) is 0 Å². The highest BCUT2D eigenvalue weighted by molar-refractivity contribution is 5.06. The van der Waals surface area contributed by atoms with Gasteiger partial charge in [-0.05, 0) is 25.3 Å². The topological polar surface area (TPSA) is 53.1 Å². The van der Waals surface area contributed by atoms with Crippen molar-refractivity contribution in [2.24, 2.45) is 5.73 Å². The number of ether oxygens (including phenoxy) is 1. The van der Waals surface area contributed by atoms with Crippen LogP contribution in [-0.4, -0.2) is 29.0 Å². The SMILES string of the molecule is CCC(N)(COC)Cc1ccn(C2CCCCC2)n1. The Bertz CT molecular complexity index is 384. The van der Waals surface area contributed by atoms with Crippen LogP contribution in [0.1, 0.15) is 57.2 Å². The number of rotatable bonds is 6. The molecule has 0 spiro atoms. The van der Waals surface area contributed by atoms with E-state index in [1.165, 1.54) is 32.1 Å². The van der Waals surface area contributed by atoms with Gasteiger partial charge < -0.3 is 10.5 Å². The van der Waals surface area contributed by atoms with Crippen molar-refractivity contribution >= 4 is 0 Å². The van der Waals surface area contributed by atoms with Crippen LogP contribution in [0.5, 0.6) is 0 Å². The average molecular weight is 265 g/mol. The highest BCUT2D eigenvalue weighted by Gasteiger charge is 2.25. The number of methoxy groups -OCH3 is 1. The highest BCUT2D eigenvalue weighted by atomic mass is 16.5. The van der Waals surface area contributed by atoms with Crippen molar-refractivity contribution in [2.45, 2.75) is 63.5 Å². The summed E-state index contributed by atoms with van der Waals surface area (Å²) >= 11 is 0. The number of hydrogen-bond donors (Lipinski definition) is 1. The second-order valence-corrected chi connectivity index (χ2v) is 5.90. The van der Waals surface area contributed by atoms with Crippen molar-refractivity contribution in [3.8, 4) is 0 Å². The number of hydrogen-bond acceptors (Lipinski definition) is 3. The Morgan fingerprint density at radius 2 is 2.16 bits per heavy atom. The van der Waals surface area contributed by atoms with Gasteiger partial charge in [0.15, 0.2) is 0 Å². The van der Waals surface area contributed by atoms with Crippen LogP contribution in [0.2, 0.25) is 0 Å². The third-order valence-corrected chi connectivity index (χ3v) is 4.28. The fraction of sp³-hybridized carbons (Fsp3) is 0.800. The van der Waals surface area contributed by atoms with Gasteiger partial charge in [-0.2, -0.15) is 5.10 Å². The molecule has 1 saturated carbocycles. The Morgan fingerprint density at radius 1 is 1.42 bits per heavy atom. The van der Waals surface area contributed by atoms with Gasteiger partial charge in [-0.3, -0.25) is 4.68 Å². The summed E-state index contributed by atoms with van der Waals surface area (Å²) < 4.78 is 7.38. The van der Waals surface area contributed by atoms with Gasteiger partial charge in [0.05, 0.1) is 18.3 Å². The van der Waals surface area contributed by atoms with E-state index >= 15 is 0 Å². The van der Waals surface area contributed by atoms with Gasteiger partial charge >= 0.3 is 0 Å². The third kappa shape index (κ3) is 3.80. The summed E-state index contributed by atoms with van der Waals surface area (Å²) in [6.07, 6.45) is 10.4.